The molecule has 12 rings (SSSR count). The molecular formula is C61H65BN4. The van der Waals surface area contributed by atoms with E-state index < -0.39 is 75.0 Å². The van der Waals surface area contributed by atoms with Crippen LogP contribution in [-0.4, -0.2) is 11.3 Å². The lowest BCUT2D eigenvalue weighted by Gasteiger charge is -2.48. The van der Waals surface area contributed by atoms with Crippen LogP contribution in [0.4, 0.5) is 34.1 Å². The topological polar surface area (TPSA) is 35.2 Å². The molecule has 0 bridgehead atoms. The van der Waals surface area contributed by atoms with Gasteiger partial charge in [-0.05, 0) is 168 Å². The molecule has 6 aromatic carbocycles. The summed E-state index contributed by atoms with van der Waals surface area (Å²) in [7, 11) is 0. The van der Waals surface area contributed by atoms with Crippen LogP contribution in [0.5, 0.6) is 0 Å². The summed E-state index contributed by atoms with van der Waals surface area (Å²) in [5.74, 6) is 0. The Morgan fingerprint density at radius 3 is 1.77 bits per heavy atom. The van der Waals surface area contributed by atoms with Crippen LogP contribution in [0, 0.1) is 11.3 Å². The summed E-state index contributed by atoms with van der Waals surface area (Å²) >= 11 is 0. The van der Waals surface area contributed by atoms with Crippen LogP contribution >= 0.6 is 0 Å². The monoisotopic (exact) mass is 880 g/mol. The highest BCUT2D eigenvalue weighted by Crippen LogP contribution is 2.56. The first-order chi connectivity index (χ1) is 37.3. The first-order valence-corrected chi connectivity index (χ1v) is 23.5. The highest BCUT2D eigenvalue weighted by molar-refractivity contribution is 7.00. The van der Waals surface area contributed by atoms with Crippen LogP contribution in [0.15, 0.2) is 90.6 Å². The summed E-state index contributed by atoms with van der Waals surface area (Å²) in [6.45, 7) is 25.6. The van der Waals surface area contributed by atoms with Gasteiger partial charge in [-0.25, -0.2) is 0 Å². The van der Waals surface area contributed by atoms with Crippen molar-refractivity contribution in [3.8, 4) is 11.8 Å². The normalized spacial score (nSPS) is 22.1. The molecule has 66 heavy (non-hydrogen) atoms. The molecule has 2 aliphatic carbocycles. The number of fused-ring (bicyclic) bond motifs is 11. The molecule has 0 radical (unpaired) electrons. The zero-order chi connectivity index (χ0) is 59.6. The molecule has 0 fully saturated rings. The Kier molecular flexibility index (Phi) is 5.53. The summed E-state index contributed by atoms with van der Waals surface area (Å²) in [6, 6.07) is -2.39. The summed E-state index contributed by atoms with van der Waals surface area (Å²) in [5, 5.41) is 11.7. The number of rotatable bonds is 1. The molecule has 0 N–H and O–H groups in total. The SMILES string of the molecule is [2H]c1c([2H])c2c3c(c1[2H])-n1c4c([2H])c([2H])c(C(C)(C)C)c([2H])c4c4c([2H])c(C(C)(C)C)c([2H])c(c41)N3c1c([2H])c(C#N)c([2H])c3c1B2c1c([2H])c2c(c([2H])c1N3c1c([2H])c([2H])c3c(c1[2H])C(C)(C)CCC3(C)C)C(C)(C)CCC2(C)C. The third-order valence-electron chi connectivity index (χ3n) is 15.6. The molecular weight excluding hydrogens is 800 g/mol. The van der Waals surface area contributed by atoms with E-state index in [0.29, 0.717) is 47.9 Å². The van der Waals surface area contributed by atoms with E-state index in [2.05, 4.69) is 6.07 Å². The van der Waals surface area contributed by atoms with Crippen LogP contribution in [0.3, 0.4) is 0 Å². The van der Waals surface area contributed by atoms with E-state index in [9.17, 15) is 25.8 Å². The van der Waals surface area contributed by atoms with Crippen molar-refractivity contribution in [3.05, 3.63) is 130 Å². The predicted octanol–water partition coefficient (Wildman–Crippen LogP) is 14.3. The number of nitriles is 1. The smallest absolute Gasteiger partial charge is 0.252 e. The van der Waals surface area contributed by atoms with E-state index in [1.165, 1.54) is 14.4 Å². The summed E-state index contributed by atoms with van der Waals surface area (Å²) in [6.07, 6.45) is 2.53. The molecule has 0 unspecified atom stereocenters. The van der Waals surface area contributed by atoms with E-state index in [-0.39, 0.29) is 150 Å². The number of hydrogen-bond acceptors (Lipinski definition) is 3. The Hall–Kier alpha value is -5.73. The largest absolute Gasteiger partial charge is 0.311 e. The minimum atomic E-state index is -1.44. The first-order valence-electron chi connectivity index (χ1n) is 31.0. The Morgan fingerprint density at radius 2 is 1.14 bits per heavy atom. The average molecular weight is 880 g/mol. The Morgan fingerprint density at radius 1 is 0.545 bits per heavy atom. The predicted molar refractivity (Wildman–Crippen MR) is 281 cm³/mol. The van der Waals surface area contributed by atoms with Gasteiger partial charge in [0.15, 0.2) is 0 Å². The molecule has 0 spiro atoms. The molecule has 332 valence electrons. The highest BCUT2D eigenvalue weighted by atomic mass is 15.2. The molecule has 5 aliphatic rings. The molecule has 4 nitrogen and oxygen atoms in total. The lowest BCUT2D eigenvalue weighted by Crippen LogP contribution is -2.62. The van der Waals surface area contributed by atoms with Crippen molar-refractivity contribution in [2.45, 2.75) is 155 Å². The number of hydrogen-bond donors (Lipinski definition) is 0. The van der Waals surface area contributed by atoms with E-state index in [0.717, 1.165) is 0 Å². The van der Waals surface area contributed by atoms with E-state index in [1.807, 2.05) is 96.9 Å². The first kappa shape index (κ1) is 28.5. The van der Waals surface area contributed by atoms with Gasteiger partial charge in [-0.2, -0.15) is 5.26 Å². The second kappa shape index (κ2) is 12.8. The maximum absolute atomic E-state index is 11.4. The molecule has 7 aromatic rings. The molecule has 0 saturated carbocycles. The van der Waals surface area contributed by atoms with Gasteiger partial charge in [0.05, 0.1) is 60.3 Å². The second-order valence-corrected chi connectivity index (χ2v) is 24.2. The van der Waals surface area contributed by atoms with Gasteiger partial charge in [0.2, 0.25) is 0 Å². The molecule has 0 saturated heterocycles. The minimum absolute atomic E-state index is 0.000994. The minimum Gasteiger partial charge on any atom is -0.311 e. The molecule has 0 amide bonds. The van der Waals surface area contributed by atoms with Crippen molar-refractivity contribution in [1.82, 2.24) is 4.57 Å². The van der Waals surface area contributed by atoms with Crippen LogP contribution in [0.2, 0.25) is 0 Å². The summed E-state index contributed by atoms with van der Waals surface area (Å²) < 4.78 is 155. The summed E-state index contributed by atoms with van der Waals surface area (Å²) in [5.41, 5.74) is -2.90. The van der Waals surface area contributed by atoms with Crippen molar-refractivity contribution in [1.29, 1.82) is 5.26 Å². The lowest BCUT2D eigenvalue weighted by molar-refractivity contribution is 0.332. The second-order valence-electron chi connectivity index (χ2n) is 24.2. The van der Waals surface area contributed by atoms with Gasteiger partial charge in [-0.3, -0.25) is 0 Å². The van der Waals surface area contributed by atoms with E-state index in [1.54, 1.807) is 0 Å². The van der Waals surface area contributed by atoms with E-state index in [4.69, 9.17) is 0 Å². The van der Waals surface area contributed by atoms with Crippen molar-refractivity contribution in [2.75, 3.05) is 9.80 Å². The van der Waals surface area contributed by atoms with Gasteiger partial charge in [0, 0.05) is 33.5 Å². The Labute approximate surface area is 414 Å². The zero-order valence-corrected chi connectivity index (χ0v) is 40.7. The number of para-hydroxylation sites is 1. The molecule has 1 aromatic heterocycles. The van der Waals surface area contributed by atoms with Crippen molar-refractivity contribution >= 4 is 79.0 Å². The number of anilines is 6. The fourth-order valence-electron chi connectivity index (χ4n) is 11.4. The van der Waals surface area contributed by atoms with Crippen molar-refractivity contribution in [3.63, 3.8) is 0 Å². The zero-order valence-electron chi connectivity index (χ0n) is 55.7. The molecule has 3 aliphatic heterocycles. The van der Waals surface area contributed by atoms with Crippen LogP contribution in [0.1, 0.15) is 182 Å². The third kappa shape index (κ3) is 5.51. The lowest BCUT2D eigenvalue weighted by atomic mass is 9.33. The van der Waals surface area contributed by atoms with Crippen LogP contribution in [-0.2, 0) is 32.5 Å². The van der Waals surface area contributed by atoms with Crippen molar-refractivity contribution in [2.24, 2.45) is 0 Å². The quantitative estimate of drug-likeness (QED) is 0.154. The molecule has 0 atom stereocenters. The van der Waals surface area contributed by atoms with Gasteiger partial charge in [-0.1, -0.05) is 127 Å². The van der Waals surface area contributed by atoms with Gasteiger partial charge in [0.25, 0.3) is 6.71 Å². The van der Waals surface area contributed by atoms with Gasteiger partial charge < -0.3 is 14.4 Å². The Balaban J connectivity index is 1.40. The highest BCUT2D eigenvalue weighted by Gasteiger charge is 2.49. The van der Waals surface area contributed by atoms with E-state index >= 15 is 0 Å². The average Bonchev–Trinajstić information content (AvgIpc) is 3.07. The number of nitrogens with zero attached hydrogens (tertiary/aromatic N) is 4. The molecule has 4 heterocycles. The fraction of sp³-hybridized carbons (Fsp3) is 0.393. The van der Waals surface area contributed by atoms with Gasteiger partial charge in [-0.15, -0.1) is 0 Å². The van der Waals surface area contributed by atoms with Gasteiger partial charge in [0.1, 0.15) is 0 Å². The maximum atomic E-state index is 11.4. The number of aromatic nitrogens is 1. The maximum Gasteiger partial charge on any atom is 0.252 e. The fourth-order valence-corrected chi connectivity index (χ4v) is 11.4. The van der Waals surface area contributed by atoms with Gasteiger partial charge >= 0.3 is 0 Å². The number of benzene rings is 6. The summed E-state index contributed by atoms with van der Waals surface area (Å²) in [4.78, 5) is 2.98. The van der Waals surface area contributed by atoms with Crippen LogP contribution < -0.4 is 26.2 Å². The third-order valence-corrected chi connectivity index (χ3v) is 15.6. The van der Waals surface area contributed by atoms with Crippen LogP contribution in [0.25, 0.3) is 27.5 Å². The Bertz CT molecular complexity index is 4240. The molecule has 5 heteroatoms. The standard InChI is InChI=1S/C61H65BN4/c1-56(2,3)36-18-21-47-39(28-36)40-29-37(57(4,5)6)30-52-54(40)65(47)48-17-15-16-45-55(48)66(52)51-27-35(34-63)26-50-53(51)62(45)46-32-43-44(61(13,14)25-24-60(43,11)12)33-49(46)64(50)38-19-20-41-42(31-38)59(9,10)23-22-58(41,7)8/h15-21,26-33H,22-25H2,1-14H3/i15D,16D,17D,18D,19D,20D,21D,26D,27D,28D,29D,30D,31D,32D,33D. The van der Waals surface area contributed by atoms with Crippen molar-refractivity contribution < 1.29 is 20.6 Å².